The van der Waals surface area contributed by atoms with Gasteiger partial charge in [-0.3, -0.25) is 9.59 Å². The Hall–Kier alpha value is -3.52. The maximum absolute atomic E-state index is 14.2. The third-order valence-corrected chi connectivity index (χ3v) is 8.40. The summed E-state index contributed by atoms with van der Waals surface area (Å²) < 4.78 is 17.7. The molecule has 2 saturated heterocycles. The highest BCUT2D eigenvalue weighted by Gasteiger charge is 2.56. The first-order chi connectivity index (χ1) is 19.0. The minimum absolute atomic E-state index is 0.0131. The number of hydrogen-bond acceptors (Lipinski definition) is 5. The topological polar surface area (TPSA) is 84.1 Å². The van der Waals surface area contributed by atoms with Gasteiger partial charge in [-0.25, -0.2) is 0 Å². The van der Waals surface area contributed by atoms with Crippen molar-refractivity contribution in [2.24, 2.45) is 0 Å². The summed E-state index contributed by atoms with van der Waals surface area (Å²) in [6.07, 6.45) is 2.80. The van der Waals surface area contributed by atoms with Crippen molar-refractivity contribution in [3.8, 4) is 11.5 Å². The van der Waals surface area contributed by atoms with Crippen molar-refractivity contribution in [1.29, 1.82) is 0 Å². The smallest absolute Gasteiger partial charge is 0.255 e. The first-order valence-corrected chi connectivity index (χ1v) is 14.2. The van der Waals surface area contributed by atoms with Crippen molar-refractivity contribution < 1.29 is 23.8 Å². The maximum Gasteiger partial charge on any atom is 0.255 e. The van der Waals surface area contributed by atoms with Crippen LogP contribution in [0.1, 0.15) is 62.8 Å². The monoisotopic (exact) mass is 531 g/mol. The average molecular weight is 532 g/mol. The van der Waals surface area contributed by atoms with E-state index in [-0.39, 0.29) is 30.4 Å². The molecule has 39 heavy (non-hydrogen) atoms. The molecule has 1 N–H and O–H groups in total. The lowest BCUT2D eigenvalue weighted by Gasteiger charge is -2.51. The number of aromatic amines is 1. The van der Waals surface area contributed by atoms with Crippen molar-refractivity contribution in [1.82, 2.24) is 14.8 Å². The number of aromatic nitrogens is 1. The summed E-state index contributed by atoms with van der Waals surface area (Å²) in [5.74, 6) is 1.18. The zero-order valence-electron chi connectivity index (χ0n) is 23.0. The molecular weight excluding hydrogens is 494 g/mol. The molecule has 0 aliphatic carbocycles. The van der Waals surface area contributed by atoms with Gasteiger partial charge < -0.3 is 29.0 Å². The van der Waals surface area contributed by atoms with E-state index in [1.54, 1.807) is 9.80 Å². The van der Waals surface area contributed by atoms with E-state index in [0.717, 1.165) is 52.7 Å². The van der Waals surface area contributed by atoms with Crippen LogP contribution in [-0.2, 0) is 19.9 Å². The van der Waals surface area contributed by atoms with Gasteiger partial charge in [0, 0.05) is 36.5 Å². The van der Waals surface area contributed by atoms with Gasteiger partial charge in [-0.2, -0.15) is 0 Å². The van der Waals surface area contributed by atoms with Gasteiger partial charge in [0.15, 0.2) is 17.0 Å². The molecule has 1 aromatic heterocycles. The number of amides is 2. The first kappa shape index (κ1) is 25.7. The SMILES string of the molecule is CCCOc1ccc([C@H]2CN3C(=O)CN(C[C@H]4CCCO4)C(=O)[C@]3(C)c3[nH]c4ccccc4c32)cc1OCC. The van der Waals surface area contributed by atoms with Gasteiger partial charge in [0.25, 0.3) is 5.91 Å². The van der Waals surface area contributed by atoms with Crippen molar-refractivity contribution in [2.75, 3.05) is 39.5 Å². The molecule has 2 aromatic carbocycles. The number of rotatable bonds is 8. The minimum Gasteiger partial charge on any atom is -0.490 e. The van der Waals surface area contributed by atoms with E-state index in [1.807, 2.05) is 44.2 Å². The molecule has 8 heteroatoms. The van der Waals surface area contributed by atoms with Gasteiger partial charge in [0.2, 0.25) is 5.91 Å². The Balaban J connectivity index is 1.46. The molecule has 0 unspecified atom stereocenters. The fourth-order valence-electron chi connectivity index (χ4n) is 6.50. The summed E-state index contributed by atoms with van der Waals surface area (Å²) in [6.45, 7) is 8.70. The van der Waals surface area contributed by atoms with E-state index in [1.165, 1.54) is 0 Å². The van der Waals surface area contributed by atoms with E-state index in [2.05, 4.69) is 24.0 Å². The van der Waals surface area contributed by atoms with Crippen molar-refractivity contribution in [2.45, 2.75) is 57.6 Å². The summed E-state index contributed by atoms with van der Waals surface area (Å²) in [6, 6.07) is 14.2. The van der Waals surface area contributed by atoms with Gasteiger partial charge in [0.1, 0.15) is 0 Å². The minimum atomic E-state index is -1.12. The van der Waals surface area contributed by atoms with E-state index in [0.29, 0.717) is 38.7 Å². The Bertz CT molecular complexity index is 1390. The number of nitrogens with one attached hydrogen (secondary N) is 1. The Morgan fingerprint density at radius 2 is 1.95 bits per heavy atom. The Morgan fingerprint density at radius 1 is 1.10 bits per heavy atom. The molecular formula is C31H37N3O5. The number of para-hydroxylation sites is 1. The van der Waals surface area contributed by atoms with E-state index in [4.69, 9.17) is 14.2 Å². The molecule has 0 spiro atoms. The Morgan fingerprint density at radius 3 is 2.72 bits per heavy atom. The normalized spacial score (nSPS) is 24.7. The number of nitrogens with zero attached hydrogens (tertiary/aromatic N) is 2. The van der Waals surface area contributed by atoms with E-state index < -0.39 is 5.54 Å². The fourth-order valence-corrected chi connectivity index (χ4v) is 6.50. The molecule has 0 radical (unpaired) electrons. The largest absolute Gasteiger partial charge is 0.490 e. The van der Waals surface area contributed by atoms with Crippen molar-refractivity contribution in [3.05, 3.63) is 59.3 Å². The highest BCUT2D eigenvalue weighted by molar-refractivity contribution is 6.01. The predicted molar refractivity (Wildman–Crippen MR) is 148 cm³/mol. The van der Waals surface area contributed by atoms with Crippen LogP contribution in [0.4, 0.5) is 0 Å². The number of hydrogen-bond donors (Lipinski definition) is 1. The molecule has 2 fully saturated rings. The standard InChI is InChI=1S/C31H37N3O5/c1-4-14-39-25-13-12-20(16-26(25)37-5-2)23-18-34-27(35)19-33(17-21-9-8-15-38-21)30(36)31(34,3)29-28(23)22-10-6-7-11-24(22)32-29/h6-7,10-13,16,21,23,32H,4-5,8-9,14-15,17-19H2,1-3H3/t21-,23-,31+/m1/s1. The van der Waals surface area contributed by atoms with Crippen molar-refractivity contribution >= 4 is 22.7 Å². The third-order valence-electron chi connectivity index (χ3n) is 8.40. The van der Waals surface area contributed by atoms with Gasteiger partial charge in [-0.15, -0.1) is 0 Å². The van der Waals surface area contributed by atoms with E-state index >= 15 is 0 Å². The number of ether oxygens (including phenoxy) is 3. The molecule has 4 heterocycles. The number of carbonyl (C=O) groups excluding carboxylic acids is 2. The quantitative estimate of drug-likeness (QED) is 0.461. The molecule has 3 aliphatic rings. The number of benzene rings is 2. The Labute approximate surface area is 229 Å². The Kier molecular flexibility index (Phi) is 6.75. The van der Waals surface area contributed by atoms with Crippen LogP contribution in [0.15, 0.2) is 42.5 Å². The van der Waals surface area contributed by atoms with Crippen LogP contribution in [0.3, 0.4) is 0 Å². The van der Waals surface area contributed by atoms with Crippen molar-refractivity contribution in [3.63, 3.8) is 0 Å². The van der Waals surface area contributed by atoms with Crippen LogP contribution in [-0.4, -0.2) is 72.2 Å². The number of fused-ring (bicyclic) bond motifs is 5. The summed E-state index contributed by atoms with van der Waals surface area (Å²) in [7, 11) is 0. The lowest BCUT2D eigenvalue weighted by Crippen LogP contribution is -2.68. The van der Waals surface area contributed by atoms with Crippen LogP contribution in [0.25, 0.3) is 10.9 Å². The highest BCUT2D eigenvalue weighted by atomic mass is 16.5. The number of H-pyrrole nitrogens is 1. The van der Waals surface area contributed by atoms with Crippen LogP contribution < -0.4 is 9.47 Å². The lowest BCUT2D eigenvalue weighted by atomic mass is 9.76. The van der Waals surface area contributed by atoms with Crippen LogP contribution in [0, 0.1) is 0 Å². The van der Waals surface area contributed by atoms with Gasteiger partial charge in [-0.05, 0) is 62.4 Å². The second-order valence-electron chi connectivity index (χ2n) is 10.9. The van der Waals surface area contributed by atoms with Gasteiger partial charge in [-0.1, -0.05) is 31.2 Å². The lowest BCUT2D eigenvalue weighted by molar-refractivity contribution is -0.167. The van der Waals surface area contributed by atoms with Crippen LogP contribution in [0.5, 0.6) is 11.5 Å². The third kappa shape index (κ3) is 4.25. The summed E-state index contributed by atoms with van der Waals surface area (Å²) in [5.41, 5.74) is 2.72. The van der Waals surface area contributed by atoms with Gasteiger partial charge >= 0.3 is 0 Å². The molecule has 6 rings (SSSR count). The van der Waals surface area contributed by atoms with Gasteiger partial charge in [0.05, 0.1) is 31.6 Å². The van der Waals surface area contributed by atoms with E-state index in [9.17, 15) is 9.59 Å². The number of carbonyl (C=O) groups is 2. The summed E-state index contributed by atoms with van der Waals surface area (Å²) >= 11 is 0. The second kappa shape index (κ2) is 10.2. The number of piperazine rings is 1. The second-order valence-corrected chi connectivity index (χ2v) is 10.9. The molecule has 3 aliphatic heterocycles. The maximum atomic E-state index is 14.2. The molecule has 8 nitrogen and oxygen atoms in total. The molecule has 2 amide bonds. The molecule has 3 aromatic rings. The summed E-state index contributed by atoms with van der Waals surface area (Å²) in [4.78, 5) is 35.0. The fraction of sp³-hybridized carbons (Fsp3) is 0.484. The molecule has 0 saturated carbocycles. The zero-order valence-corrected chi connectivity index (χ0v) is 23.0. The average Bonchev–Trinajstić information content (AvgIpc) is 3.60. The van der Waals surface area contributed by atoms with Crippen LogP contribution in [0.2, 0.25) is 0 Å². The molecule has 0 bridgehead atoms. The first-order valence-electron chi connectivity index (χ1n) is 14.2. The zero-order chi connectivity index (χ0) is 27.1. The van der Waals surface area contributed by atoms with Crippen LogP contribution >= 0.6 is 0 Å². The summed E-state index contributed by atoms with van der Waals surface area (Å²) in [5, 5.41) is 1.07. The highest BCUT2D eigenvalue weighted by Crippen LogP contribution is 2.49. The molecule has 3 atom stereocenters. The predicted octanol–water partition coefficient (Wildman–Crippen LogP) is 4.57. The molecule has 206 valence electrons.